The maximum atomic E-state index is 5.53. The van der Waals surface area contributed by atoms with Gasteiger partial charge in [0.2, 0.25) is 17.7 Å². The Labute approximate surface area is 112 Å². The first-order chi connectivity index (χ1) is 9.21. The molecule has 0 saturated carbocycles. The monoisotopic (exact) mass is 269 g/mol. The van der Waals surface area contributed by atoms with Gasteiger partial charge in [0.1, 0.15) is 5.60 Å². The molecule has 1 N–H and O–H groups in total. The lowest BCUT2D eigenvalue weighted by Crippen LogP contribution is -2.39. The molecule has 0 bridgehead atoms. The van der Waals surface area contributed by atoms with Crippen LogP contribution in [0.2, 0.25) is 0 Å². The number of hydrogen-bond donors (Lipinski definition) is 1. The Hall–Kier alpha value is -1.60. The molecule has 106 valence electrons. The van der Waals surface area contributed by atoms with Crippen molar-refractivity contribution in [1.29, 1.82) is 0 Å². The van der Waals surface area contributed by atoms with Gasteiger partial charge in [-0.05, 0) is 0 Å². The van der Waals surface area contributed by atoms with Gasteiger partial charge in [-0.1, -0.05) is 0 Å². The molecule has 1 unspecified atom stereocenters. The first kappa shape index (κ1) is 13.8. The first-order valence-corrected chi connectivity index (χ1v) is 6.05. The molecule has 2 rings (SSSR count). The average Bonchev–Trinajstić information content (AvgIpc) is 2.94. The van der Waals surface area contributed by atoms with Crippen molar-refractivity contribution < 1.29 is 18.9 Å². The summed E-state index contributed by atoms with van der Waals surface area (Å²) in [7, 11) is 4.78. The van der Waals surface area contributed by atoms with Gasteiger partial charge < -0.3 is 24.3 Å². The van der Waals surface area contributed by atoms with Crippen LogP contribution in [0.5, 0.6) is 11.8 Å². The second-order valence-corrected chi connectivity index (χ2v) is 4.32. The van der Waals surface area contributed by atoms with Crippen molar-refractivity contribution in [2.75, 3.05) is 46.4 Å². The molecule has 1 aliphatic rings. The van der Waals surface area contributed by atoms with Gasteiger partial charge in [0.05, 0.1) is 26.9 Å². The minimum atomic E-state index is -0.320. The highest BCUT2D eigenvalue weighted by Crippen LogP contribution is 2.23. The van der Waals surface area contributed by atoms with E-state index in [0.717, 1.165) is 6.42 Å². The number of aromatic nitrogens is 2. The summed E-state index contributed by atoms with van der Waals surface area (Å²) >= 11 is 0. The molecule has 1 aromatic heterocycles. The van der Waals surface area contributed by atoms with Crippen LogP contribution in [0.1, 0.15) is 6.42 Å². The summed E-state index contributed by atoms with van der Waals surface area (Å²) in [6.45, 7) is 1.84. The molecule has 7 nitrogen and oxygen atoms in total. The van der Waals surface area contributed by atoms with Crippen LogP contribution in [-0.2, 0) is 9.47 Å². The second-order valence-electron chi connectivity index (χ2n) is 4.32. The van der Waals surface area contributed by atoms with E-state index in [-0.39, 0.29) is 5.60 Å². The molecule has 1 fully saturated rings. The van der Waals surface area contributed by atoms with E-state index in [9.17, 15) is 0 Å². The van der Waals surface area contributed by atoms with Crippen LogP contribution in [0.4, 0.5) is 5.95 Å². The van der Waals surface area contributed by atoms with Crippen LogP contribution in [0.25, 0.3) is 0 Å². The van der Waals surface area contributed by atoms with E-state index in [1.807, 2.05) is 0 Å². The molecule has 1 saturated heterocycles. The summed E-state index contributed by atoms with van der Waals surface area (Å²) in [6, 6.07) is 1.62. The molecular weight excluding hydrogens is 250 g/mol. The molecule has 7 heteroatoms. The van der Waals surface area contributed by atoms with Gasteiger partial charge in [-0.25, -0.2) is 0 Å². The highest BCUT2D eigenvalue weighted by molar-refractivity contribution is 5.34. The van der Waals surface area contributed by atoms with Gasteiger partial charge >= 0.3 is 0 Å². The maximum Gasteiger partial charge on any atom is 0.229 e. The largest absolute Gasteiger partial charge is 0.481 e. The lowest BCUT2D eigenvalue weighted by atomic mass is 10.0. The van der Waals surface area contributed by atoms with Crippen molar-refractivity contribution >= 4 is 5.95 Å². The van der Waals surface area contributed by atoms with Crippen LogP contribution in [0, 0.1) is 0 Å². The summed E-state index contributed by atoms with van der Waals surface area (Å²) in [5.74, 6) is 1.34. The smallest absolute Gasteiger partial charge is 0.229 e. The van der Waals surface area contributed by atoms with Crippen molar-refractivity contribution in [3.05, 3.63) is 6.07 Å². The van der Waals surface area contributed by atoms with E-state index >= 15 is 0 Å². The van der Waals surface area contributed by atoms with E-state index in [2.05, 4.69) is 15.3 Å². The number of anilines is 1. The maximum absolute atomic E-state index is 5.53. The molecule has 1 atom stereocenters. The summed E-state index contributed by atoms with van der Waals surface area (Å²) in [5, 5.41) is 3.14. The number of hydrogen-bond acceptors (Lipinski definition) is 7. The third-order valence-electron chi connectivity index (χ3n) is 3.17. The van der Waals surface area contributed by atoms with E-state index in [0.29, 0.717) is 37.5 Å². The average molecular weight is 269 g/mol. The predicted molar refractivity (Wildman–Crippen MR) is 68.8 cm³/mol. The van der Waals surface area contributed by atoms with Gasteiger partial charge in [-0.3, -0.25) is 0 Å². The highest BCUT2D eigenvalue weighted by atomic mass is 16.5. The summed E-state index contributed by atoms with van der Waals surface area (Å²) in [6.07, 6.45) is 0.845. The van der Waals surface area contributed by atoms with E-state index in [4.69, 9.17) is 18.9 Å². The van der Waals surface area contributed by atoms with E-state index in [1.54, 1.807) is 27.4 Å². The van der Waals surface area contributed by atoms with Gasteiger partial charge in [0, 0.05) is 26.7 Å². The zero-order valence-electron chi connectivity index (χ0n) is 11.4. The molecule has 0 aliphatic carbocycles. The van der Waals surface area contributed by atoms with E-state index < -0.39 is 0 Å². The number of methoxy groups -OCH3 is 3. The van der Waals surface area contributed by atoms with Gasteiger partial charge in [0.25, 0.3) is 0 Å². The molecule has 2 heterocycles. The van der Waals surface area contributed by atoms with Crippen LogP contribution < -0.4 is 14.8 Å². The zero-order valence-corrected chi connectivity index (χ0v) is 11.4. The molecule has 0 radical (unpaired) electrons. The van der Waals surface area contributed by atoms with Crippen molar-refractivity contribution in [2.45, 2.75) is 12.0 Å². The molecule has 1 aromatic rings. The van der Waals surface area contributed by atoms with Gasteiger partial charge in [-0.15, -0.1) is 0 Å². The fourth-order valence-corrected chi connectivity index (χ4v) is 1.89. The fourth-order valence-electron chi connectivity index (χ4n) is 1.89. The van der Waals surface area contributed by atoms with Gasteiger partial charge in [0.15, 0.2) is 0 Å². The molecule has 19 heavy (non-hydrogen) atoms. The molecule has 0 aromatic carbocycles. The Balaban J connectivity index is 2.06. The van der Waals surface area contributed by atoms with Gasteiger partial charge in [-0.2, -0.15) is 9.97 Å². The Morgan fingerprint density at radius 2 is 1.95 bits per heavy atom. The third-order valence-corrected chi connectivity index (χ3v) is 3.17. The molecule has 1 aliphatic heterocycles. The fraction of sp³-hybridized carbons (Fsp3) is 0.667. The Kier molecular flexibility index (Phi) is 4.39. The van der Waals surface area contributed by atoms with Crippen molar-refractivity contribution in [1.82, 2.24) is 9.97 Å². The lowest BCUT2D eigenvalue weighted by molar-refractivity contribution is -0.00632. The Bertz CT molecular complexity index is 399. The van der Waals surface area contributed by atoms with Crippen LogP contribution in [-0.4, -0.2) is 56.7 Å². The minimum absolute atomic E-state index is 0.320. The van der Waals surface area contributed by atoms with Crippen LogP contribution in [0.3, 0.4) is 0 Å². The standard InChI is InChI=1S/C12H19N3O4/c1-16-9-6-10(17-2)15-11(14-9)13-7-12(18-3)4-5-19-8-12/h6H,4-5,7-8H2,1-3H3,(H,13,14,15). The zero-order chi connectivity index (χ0) is 13.7. The number of rotatable bonds is 6. The SMILES string of the molecule is COc1cc(OC)nc(NCC2(OC)CCOC2)n1. The quantitative estimate of drug-likeness (QED) is 0.815. The molecule has 0 spiro atoms. The third kappa shape index (κ3) is 3.24. The van der Waals surface area contributed by atoms with Crippen LogP contribution in [0.15, 0.2) is 6.07 Å². The minimum Gasteiger partial charge on any atom is -0.481 e. The number of nitrogens with zero attached hydrogens (tertiary/aromatic N) is 2. The predicted octanol–water partition coefficient (Wildman–Crippen LogP) is 0.711. The Morgan fingerprint density at radius 3 is 2.42 bits per heavy atom. The topological polar surface area (TPSA) is 74.7 Å². The summed E-state index contributed by atoms with van der Waals surface area (Å²) < 4.78 is 21.1. The van der Waals surface area contributed by atoms with Crippen molar-refractivity contribution in [3.63, 3.8) is 0 Å². The highest BCUT2D eigenvalue weighted by Gasteiger charge is 2.35. The molecule has 0 amide bonds. The summed E-state index contributed by atoms with van der Waals surface area (Å²) in [5.41, 5.74) is -0.320. The Morgan fingerprint density at radius 1 is 1.26 bits per heavy atom. The first-order valence-electron chi connectivity index (χ1n) is 6.05. The number of ether oxygens (including phenoxy) is 4. The van der Waals surface area contributed by atoms with Crippen molar-refractivity contribution in [3.8, 4) is 11.8 Å². The van der Waals surface area contributed by atoms with Crippen LogP contribution >= 0.6 is 0 Å². The normalized spacial score (nSPS) is 22.3. The summed E-state index contributed by atoms with van der Waals surface area (Å²) in [4.78, 5) is 8.41. The lowest BCUT2D eigenvalue weighted by Gasteiger charge is -2.25. The van der Waals surface area contributed by atoms with Crippen molar-refractivity contribution in [2.24, 2.45) is 0 Å². The van der Waals surface area contributed by atoms with E-state index in [1.165, 1.54) is 0 Å². The molecular formula is C12H19N3O4. The second kappa shape index (κ2) is 6.03. The number of nitrogens with one attached hydrogen (secondary N) is 1.